The highest BCUT2D eigenvalue weighted by Gasteiger charge is 2.32. The molecule has 1 amide bonds. The molecular formula is C33H40Cl2N4O2S. The zero-order valence-electron chi connectivity index (χ0n) is 24.1. The van der Waals surface area contributed by atoms with Gasteiger partial charge in [-0.3, -0.25) is 9.69 Å². The van der Waals surface area contributed by atoms with E-state index >= 15 is 0 Å². The van der Waals surface area contributed by atoms with Crippen molar-refractivity contribution in [3.05, 3.63) is 81.8 Å². The molecule has 3 N–H and O–H groups in total. The smallest absolute Gasteiger partial charge is 0.239 e. The maximum atomic E-state index is 13.3. The average Bonchev–Trinajstić information content (AvgIpc) is 3.00. The summed E-state index contributed by atoms with van der Waals surface area (Å²) in [5, 5.41) is 11.2. The summed E-state index contributed by atoms with van der Waals surface area (Å²) in [6.07, 6.45) is 4.78. The first-order valence-electron chi connectivity index (χ1n) is 14.7. The Hall–Kier alpha value is -2.26. The van der Waals surface area contributed by atoms with Crippen LogP contribution in [0.15, 0.2) is 65.6 Å². The number of halogens is 2. The molecule has 2 saturated heterocycles. The van der Waals surface area contributed by atoms with Gasteiger partial charge in [0.05, 0.1) is 6.04 Å². The van der Waals surface area contributed by atoms with E-state index in [1.54, 1.807) is 17.8 Å². The van der Waals surface area contributed by atoms with Gasteiger partial charge in [-0.05, 0) is 103 Å². The molecule has 9 heteroatoms. The molecule has 2 aliphatic rings. The number of nitrogens with two attached hydrogens (primary N) is 1. The molecule has 1 atom stereocenters. The number of piperazine rings is 1. The lowest BCUT2D eigenvalue weighted by Gasteiger charge is -2.39. The number of nitrogens with zero attached hydrogens (tertiary/aromatic N) is 3. The van der Waals surface area contributed by atoms with Crippen molar-refractivity contribution in [2.75, 3.05) is 52.1 Å². The van der Waals surface area contributed by atoms with Gasteiger partial charge in [0.15, 0.2) is 0 Å². The average molecular weight is 628 g/mol. The molecule has 0 radical (unpaired) electrons. The molecule has 5 rings (SSSR count). The second-order valence-electron chi connectivity index (χ2n) is 11.4. The first-order valence-corrected chi connectivity index (χ1v) is 16.7. The van der Waals surface area contributed by atoms with E-state index in [1.807, 2.05) is 29.2 Å². The SMILES string of the molecule is CSc1ccccc1CN1CCN(C(=O)C(N)C2CCN(CCc3cc(Cl)ccc3-c3cc(O)cc(Cl)c3)CC2)CC1. The molecule has 0 aliphatic carbocycles. The third kappa shape index (κ3) is 7.81. The number of piperidine rings is 1. The van der Waals surface area contributed by atoms with Crippen LogP contribution in [0.4, 0.5) is 0 Å². The van der Waals surface area contributed by atoms with Crippen molar-refractivity contribution in [3.63, 3.8) is 0 Å². The number of thioether (sulfide) groups is 1. The van der Waals surface area contributed by atoms with Gasteiger partial charge in [-0.25, -0.2) is 0 Å². The summed E-state index contributed by atoms with van der Waals surface area (Å²) in [5.74, 6) is 0.451. The van der Waals surface area contributed by atoms with Crippen molar-refractivity contribution in [1.82, 2.24) is 14.7 Å². The minimum absolute atomic E-state index is 0.103. The number of hydrogen-bond acceptors (Lipinski definition) is 6. The molecule has 0 saturated carbocycles. The van der Waals surface area contributed by atoms with E-state index in [4.69, 9.17) is 28.9 Å². The van der Waals surface area contributed by atoms with Crippen molar-refractivity contribution in [2.45, 2.75) is 36.7 Å². The largest absolute Gasteiger partial charge is 0.508 e. The molecule has 3 aromatic rings. The number of benzene rings is 3. The molecule has 42 heavy (non-hydrogen) atoms. The van der Waals surface area contributed by atoms with E-state index in [-0.39, 0.29) is 17.6 Å². The van der Waals surface area contributed by atoms with Crippen LogP contribution in [0.1, 0.15) is 24.0 Å². The van der Waals surface area contributed by atoms with Crippen molar-refractivity contribution in [2.24, 2.45) is 11.7 Å². The number of carbonyl (C=O) groups is 1. The number of rotatable bonds is 9. The maximum Gasteiger partial charge on any atom is 0.239 e. The van der Waals surface area contributed by atoms with Gasteiger partial charge >= 0.3 is 0 Å². The summed E-state index contributed by atoms with van der Waals surface area (Å²) in [6.45, 7) is 6.86. The zero-order valence-corrected chi connectivity index (χ0v) is 26.5. The Kier molecular flexibility index (Phi) is 10.7. The van der Waals surface area contributed by atoms with Crippen molar-refractivity contribution < 1.29 is 9.90 Å². The summed E-state index contributed by atoms with van der Waals surface area (Å²) < 4.78 is 0. The number of amides is 1. The Morgan fingerprint density at radius 1 is 0.929 bits per heavy atom. The number of hydrogen-bond donors (Lipinski definition) is 2. The predicted octanol–water partition coefficient (Wildman–Crippen LogP) is 6.01. The van der Waals surface area contributed by atoms with Gasteiger partial charge in [-0.15, -0.1) is 11.8 Å². The molecule has 6 nitrogen and oxygen atoms in total. The van der Waals surface area contributed by atoms with Crippen molar-refractivity contribution in [1.29, 1.82) is 0 Å². The second-order valence-corrected chi connectivity index (χ2v) is 13.1. The summed E-state index contributed by atoms with van der Waals surface area (Å²) in [5.41, 5.74) is 10.9. The van der Waals surface area contributed by atoms with Crippen molar-refractivity contribution in [3.8, 4) is 16.9 Å². The molecule has 0 spiro atoms. The van der Waals surface area contributed by atoms with Crippen LogP contribution in [-0.2, 0) is 17.8 Å². The fraction of sp³-hybridized carbons (Fsp3) is 0.424. The molecule has 0 aromatic heterocycles. The molecule has 1 unspecified atom stereocenters. The van der Waals surface area contributed by atoms with Crippen LogP contribution in [0.5, 0.6) is 5.75 Å². The molecule has 224 valence electrons. The van der Waals surface area contributed by atoms with Gasteiger partial charge in [0.1, 0.15) is 5.75 Å². The third-order valence-corrected chi connectivity index (χ3v) is 9.95. The van der Waals surface area contributed by atoms with E-state index in [1.165, 1.54) is 16.5 Å². The lowest BCUT2D eigenvalue weighted by Crippen LogP contribution is -2.55. The van der Waals surface area contributed by atoms with Gasteiger partial charge in [0.25, 0.3) is 0 Å². The third-order valence-electron chi connectivity index (χ3n) is 8.65. The number of phenolic OH excluding ortho intramolecular Hbond substituents is 1. The van der Waals surface area contributed by atoms with E-state index in [9.17, 15) is 9.90 Å². The number of carbonyl (C=O) groups excluding carboxylic acids is 1. The normalized spacial score (nSPS) is 17.9. The van der Waals surface area contributed by atoms with Gasteiger partial charge in [-0.2, -0.15) is 0 Å². The lowest BCUT2D eigenvalue weighted by molar-refractivity contribution is -0.136. The van der Waals surface area contributed by atoms with Crippen LogP contribution >= 0.6 is 35.0 Å². The Balaban J connectivity index is 1.09. The highest BCUT2D eigenvalue weighted by Crippen LogP contribution is 2.32. The van der Waals surface area contributed by atoms with Crippen LogP contribution < -0.4 is 5.73 Å². The topological polar surface area (TPSA) is 73.0 Å². The monoisotopic (exact) mass is 626 g/mol. The van der Waals surface area contributed by atoms with E-state index in [2.05, 4.69) is 40.3 Å². The van der Waals surface area contributed by atoms with Crippen LogP contribution in [-0.4, -0.2) is 83.8 Å². The molecule has 0 bridgehead atoms. The molecule has 2 fully saturated rings. The van der Waals surface area contributed by atoms with E-state index in [0.29, 0.717) is 10.0 Å². The number of likely N-dealkylation sites (tertiary alicyclic amines) is 1. The standard InChI is InChI=1S/C33H40Cl2N4O2S/c1-42-31-5-3-2-4-25(31)22-38-14-16-39(17-15-38)33(41)32(36)23-8-11-37(12-9-23)13-10-24-18-27(34)6-7-30(24)26-19-28(35)21-29(40)20-26/h2-7,18-21,23,32,40H,8-17,22,36H2,1H3. The second kappa shape index (κ2) is 14.5. The van der Waals surface area contributed by atoms with Crippen LogP contribution in [0.3, 0.4) is 0 Å². The molecule has 2 heterocycles. The van der Waals surface area contributed by atoms with Crippen LogP contribution in [0.25, 0.3) is 11.1 Å². The summed E-state index contributed by atoms with van der Waals surface area (Å²) in [7, 11) is 0. The van der Waals surface area contributed by atoms with Crippen molar-refractivity contribution >= 4 is 40.9 Å². The number of phenols is 1. The maximum absolute atomic E-state index is 13.3. The van der Waals surface area contributed by atoms with Gasteiger partial charge < -0.3 is 20.6 Å². The van der Waals surface area contributed by atoms with Gasteiger partial charge in [-0.1, -0.05) is 47.5 Å². The minimum Gasteiger partial charge on any atom is -0.508 e. The first kappa shape index (κ1) is 31.2. The van der Waals surface area contributed by atoms with E-state index in [0.717, 1.165) is 88.3 Å². The fourth-order valence-electron chi connectivity index (χ4n) is 6.21. The Bertz CT molecular complexity index is 1350. The highest BCUT2D eigenvalue weighted by atomic mass is 35.5. The van der Waals surface area contributed by atoms with Gasteiger partial charge in [0, 0.05) is 54.2 Å². The Morgan fingerprint density at radius 3 is 2.38 bits per heavy atom. The predicted molar refractivity (Wildman–Crippen MR) is 174 cm³/mol. The van der Waals surface area contributed by atoms with Gasteiger partial charge in [0.2, 0.25) is 5.91 Å². The first-order chi connectivity index (χ1) is 20.3. The number of aromatic hydroxyl groups is 1. The fourth-order valence-corrected chi connectivity index (χ4v) is 7.24. The highest BCUT2D eigenvalue weighted by molar-refractivity contribution is 7.98. The quantitative estimate of drug-likeness (QED) is 0.283. The summed E-state index contributed by atoms with van der Waals surface area (Å²) in [4.78, 5) is 21.5. The molecular weight excluding hydrogens is 587 g/mol. The zero-order chi connectivity index (χ0) is 29.6. The molecule has 2 aliphatic heterocycles. The molecule has 3 aromatic carbocycles. The Morgan fingerprint density at radius 2 is 1.67 bits per heavy atom. The van der Waals surface area contributed by atoms with E-state index < -0.39 is 6.04 Å². The Labute approximate surface area is 263 Å². The lowest BCUT2D eigenvalue weighted by atomic mass is 9.88. The minimum atomic E-state index is -0.439. The summed E-state index contributed by atoms with van der Waals surface area (Å²) in [6, 6.07) is 19.1. The van der Waals surface area contributed by atoms with Crippen LogP contribution in [0.2, 0.25) is 10.0 Å². The summed E-state index contributed by atoms with van der Waals surface area (Å²) >= 11 is 14.3. The van der Waals surface area contributed by atoms with Crippen LogP contribution in [0, 0.1) is 5.92 Å².